The number of alkyl halides is 4. The fraction of sp³-hybridized carbons (Fsp3) is 0.300. The Bertz CT molecular complexity index is 980. The molecule has 0 saturated carbocycles. The largest absolute Gasteiger partial charge is 0.463 e. The Hall–Kier alpha value is -3.01. The first-order valence-electron chi connectivity index (χ1n) is 8.87. The van der Waals surface area contributed by atoms with Gasteiger partial charge in [-0.2, -0.15) is 13.2 Å². The summed E-state index contributed by atoms with van der Waals surface area (Å²) >= 11 is 6.03. The lowest BCUT2D eigenvalue weighted by Gasteiger charge is -2.29. The van der Waals surface area contributed by atoms with Crippen molar-refractivity contribution in [2.45, 2.75) is 24.7 Å². The van der Waals surface area contributed by atoms with Crippen molar-refractivity contribution < 1.29 is 36.8 Å². The van der Waals surface area contributed by atoms with Crippen molar-refractivity contribution in [2.24, 2.45) is 0 Å². The summed E-state index contributed by atoms with van der Waals surface area (Å²) in [4.78, 5) is 35.9. The highest BCUT2D eigenvalue weighted by Gasteiger charge is 2.57. The summed E-state index contributed by atoms with van der Waals surface area (Å²) in [5.41, 5.74) is -5.51. The van der Waals surface area contributed by atoms with Crippen molar-refractivity contribution in [3.05, 3.63) is 80.4 Å². The number of carbonyl (C=O) groups is 2. The van der Waals surface area contributed by atoms with E-state index in [9.17, 15) is 32.9 Å². The van der Waals surface area contributed by atoms with Crippen LogP contribution >= 0.6 is 11.6 Å². The van der Waals surface area contributed by atoms with Crippen LogP contribution in [0.25, 0.3) is 0 Å². The first-order valence-corrected chi connectivity index (χ1v) is 9.25. The molecule has 0 heterocycles. The van der Waals surface area contributed by atoms with Crippen LogP contribution in [0.5, 0.6) is 0 Å². The molecule has 2 aromatic carbocycles. The molecular weight excluding hydrogens is 446 g/mol. The Balaban J connectivity index is 2.65. The molecule has 31 heavy (non-hydrogen) atoms. The second-order valence-corrected chi connectivity index (χ2v) is 6.83. The van der Waals surface area contributed by atoms with Gasteiger partial charge in [0, 0.05) is 15.5 Å². The van der Waals surface area contributed by atoms with E-state index in [4.69, 9.17) is 11.6 Å². The molecule has 0 bridgehead atoms. The van der Waals surface area contributed by atoms with Gasteiger partial charge in [-0.1, -0.05) is 41.9 Å². The molecule has 0 radical (unpaired) electrons. The maximum Gasteiger partial charge on any atom is 0.416 e. The van der Waals surface area contributed by atoms with Gasteiger partial charge in [0.25, 0.3) is 5.67 Å². The van der Waals surface area contributed by atoms with Gasteiger partial charge in [-0.3, -0.25) is 14.9 Å². The SMILES string of the molecule is CCOC(=O)[C@@](F)(C(=O)c1ccc(C(F)(F)F)cc1)[C@@H](C[N+](=O)[O-])c1ccccc1Cl. The Morgan fingerprint density at radius 1 is 1.10 bits per heavy atom. The van der Waals surface area contributed by atoms with Gasteiger partial charge in [-0.05, 0) is 30.7 Å². The summed E-state index contributed by atoms with van der Waals surface area (Å²) in [7, 11) is 0. The number of hydrogen-bond acceptors (Lipinski definition) is 5. The Morgan fingerprint density at radius 3 is 2.16 bits per heavy atom. The number of ketones is 1. The second kappa shape index (κ2) is 9.42. The van der Waals surface area contributed by atoms with Crippen molar-refractivity contribution >= 4 is 23.4 Å². The van der Waals surface area contributed by atoms with Crippen LogP contribution in [-0.2, 0) is 15.7 Å². The predicted octanol–water partition coefficient (Wildman–Crippen LogP) is 4.87. The maximum absolute atomic E-state index is 16.3. The molecule has 0 N–H and O–H groups in total. The molecule has 166 valence electrons. The first kappa shape index (κ1) is 24.3. The molecular formula is C20H16ClF4NO5. The zero-order valence-corrected chi connectivity index (χ0v) is 16.7. The summed E-state index contributed by atoms with van der Waals surface area (Å²) < 4.78 is 59.3. The van der Waals surface area contributed by atoms with Gasteiger partial charge >= 0.3 is 12.1 Å². The van der Waals surface area contributed by atoms with E-state index in [1.807, 2.05) is 0 Å². The van der Waals surface area contributed by atoms with Crippen molar-refractivity contribution in [1.82, 2.24) is 0 Å². The van der Waals surface area contributed by atoms with Gasteiger partial charge in [0.2, 0.25) is 12.3 Å². The number of nitrogens with zero attached hydrogens (tertiary/aromatic N) is 1. The molecule has 0 amide bonds. The van der Waals surface area contributed by atoms with Crippen molar-refractivity contribution in [3.8, 4) is 0 Å². The van der Waals surface area contributed by atoms with E-state index < -0.39 is 52.1 Å². The van der Waals surface area contributed by atoms with E-state index in [-0.39, 0.29) is 17.2 Å². The highest BCUT2D eigenvalue weighted by Crippen LogP contribution is 2.40. The number of hydrogen-bond donors (Lipinski definition) is 0. The number of Topliss-reactive ketones (excluding diaryl/α,β-unsaturated/α-hetero) is 1. The zero-order chi connectivity index (χ0) is 23.4. The molecule has 2 rings (SSSR count). The standard InChI is InChI=1S/C20H16ClF4NO5/c1-2-31-18(28)19(22,15(11-26(29)30)14-5-3-4-6-16(14)21)17(27)12-7-9-13(10-8-12)20(23,24)25/h3-10,15H,2,11H2,1H3/t15-,19-/m0/s1. The smallest absolute Gasteiger partial charge is 0.416 e. The first-order chi connectivity index (χ1) is 14.4. The number of nitro groups is 1. The summed E-state index contributed by atoms with van der Waals surface area (Å²) in [6, 6.07) is 7.79. The average Bonchev–Trinajstić information content (AvgIpc) is 2.71. The van der Waals surface area contributed by atoms with E-state index in [0.29, 0.717) is 24.3 Å². The molecule has 0 aliphatic rings. The fourth-order valence-corrected chi connectivity index (χ4v) is 3.26. The highest BCUT2D eigenvalue weighted by molar-refractivity contribution is 6.31. The lowest BCUT2D eigenvalue weighted by Crippen LogP contribution is -2.51. The van der Waals surface area contributed by atoms with Crippen LogP contribution in [0, 0.1) is 10.1 Å². The van der Waals surface area contributed by atoms with Gasteiger partial charge in [0.1, 0.15) is 5.92 Å². The molecule has 0 spiro atoms. The van der Waals surface area contributed by atoms with Crippen LogP contribution in [0.3, 0.4) is 0 Å². The quantitative estimate of drug-likeness (QED) is 0.140. The highest BCUT2D eigenvalue weighted by atomic mass is 35.5. The molecule has 0 unspecified atom stereocenters. The third kappa shape index (κ3) is 5.19. The van der Waals surface area contributed by atoms with Crippen LogP contribution in [-0.4, -0.2) is 35.5 Å². The van der Waals surface area contributed by atoms with Gasteiger partial charge in [0.05, 0.1) is 12.2 Å². The average molecular weight is 462 g/mol. The number of ether oxygens (including phenoxy) is 1. The van der Waals surface area contributed by atoms with Crippen LogP contribution < -0.4 is 0 Å². The molecule has 11 heteroatoms. The molecule has 2 aromatic rings. The van der Waals surface area contributed by atoms with Gasteiger partial charge in [-0.15, -0.1) is 0 Å². The van der Waals surface area contributed by atoms with Crippen LogP contribution in [0.4, 0.5) is 17.6 Å². The number of rotatable bonds is 8. The molecule has 0 saturated heterocycles. The lowest BCUT2D eigenvalue weighted by molar-refractivity contribution is -0.485. The van der Waals surface area contributed by atoms with E-state index in [0.717, 1.165) is 0 Å². The van der Waals surface area contributed by atoms with Crippen molar-refractivity contribution in [2.75, 3.05) is 13.2 Å². The van der Waals surface area contributed by atoms with Crippen molar-refractivity contribution in [3.63, 3.8) is 0 Å². The van der Waals surface area contributed by atoms with Crippen LogP contribution in [0.2, 0.25) is 5.02 Å². The van der Waals surface area contributed by atoms with E-state index in [1.165, 1.54) is 31.2 Å². The monoisotopic (exact) mass is 461 g/mol. The minimum Gasteiger partial charge on any atom is -0.463 e. The number of esters is 1. The van der Waals surface area contributed by atoms with Crippen LogP contribution in [0.1, 0.15) is 34.3 Å². The topological polar surface area (TPSA) is 86.5 Å². The third-order valence-corrected chi connectivity index (χ3v) is 4.81. The Morgan fingerprint density at radius 2 is 1.68 bits per heavy atom. The van der Waals surface area contributed by atoms with E-state index in [1.54, 1.807) is 0 Å². The summed E-state index contributed by atoms with van der Waals surface area (Å²) in [5, 5.41) is 11.1. The number of halogens is 5. The summed E-state index contributed by atoms with van der Waals surface area (Å²) in [5.74, 6) is -5.27. The fourth-order valence-electron chi connectivity index (χ4n) is 3.00. The minimum absolute atomic E-state index is 0.138. The Labute approximate surface area is 178 Å². The predicted molar refractivity (Wildman–Crippen MR) is 102 cm³/mol. The molecule has 0 aromatic heterocycles. The number of benzene rings is 2. The van der Waals surface area contributed by atoms with Crippen molar-refractivity contribution in [1.29, 1.82) is 0 Å². The molecule has 6 nitrogen and oxygen atoms in total. The summed E-state index contributed by atoms with van der Waals surface area (Å²) in [6.07, 6.45) is -4.71. The normalized spacial score (nSPS) is 14.4. The lowest BCUT2D eigenvalue weighted by atomic mass is 9.78. The molecule has 0 fully saturated rings. The van der Waals surface area contributed by atoms with Gasteiger partial charge in [0.15, 0.2) is 0 Å². The molecule has 0 aliphatic heterocycles. The molecule has 0 aliphatic carbocycles. The zero-order valence-electron chi connectivity index (χ0n) is 16.0. The summed E-state index contributed by atoms with van der Waals surface area (Å²) in [6.45, 7) is -0.219. The minimum atomic E-state index is -4.71. The van der Waals surface area contributed by atoms with Crippen LogP contribution in [0.15, 0.2) is 48.5 Å². The maximum atomic E-state index is 16.3. The van der Waals surface area contributed by atoms with E-state index >= 15 is 4.39 Å². The van der Waals surface area contributed by atoms with E-state index in [2.05, 4.69) is 4.74 Å². The molecule has 2 atom stereocenters. The Kier molecular flexibility index (Phi) is 7.37. The third-order valence-electron chi connectivity index (χ3n) is 4.47. The second-order valence-electron chi connectivity index (χ2n) is 6.43. The van der Waals surface area contributed by atoms with Gasteiger partial charge in [-0.25, -0.2) is 9.18 Å². The van der Waals surface area contributed by atoms with Gasteiger partial charge < -0.3 is 4.74 Å². The number of carbonyl (C=O) groups excluding carboxylic acids is 2.